The van der Waals surface area contributed by atoms with Gasteiger partial charge in [0.2, 0.25) is 0 Å². The summed E-state index contributed by atoms with van der Waals surface area (Å²) in [6.07, 6.45) is 5.50. The van der Waals surface area contributed by atoms with Crippen LogP contribution in [-0.4, -0.2) is 37.6 Å². The van der Waals surface area contributed by atoms with E-state index in [1.807, 2.05) is 12.1 Å². The molecule has 3 rings (SSSR count). The monoisotopic (exact) mass is 499 g/mol. The van der Waals surface area contributed by atoms with Crippen LogP contribution in [0.2, 0.25) is 0 Å². The van der Waals surface area contributed by atoms with Gasteiger partial charge in [0.05, 0.1) is 12.5 Å². The van der Waals surface area contributed by atoms with Crippen molar-refractivity contribution in [3.05, 3.63) is 69.7 Å². The van der Waals surface area contributed by atoms with Crippen LogP contribution in [0, 0.1) is 18.8 Å². The zero-order valence-corrected chi connectivity index (χ0v) is 21.7. The molecule has 0 aliphatic carbocycles. The van der Waals surface area contributed by atoms with Gasteiger partial charge in [-0.05, 0) is 93.8 Å². The third-order valence-corrected chi connectivity index (χ3v) is 7.82. The fourth-order valence-electron chi connectivity index (χ4n) is 5.20. The first kappa shape index (κ1) is 25.0. The molecule has 0 N–H and O–H groups in total. The van der Waals surface area contributed by atoms with E-state index < -0.39 is 5.41 Å². The fourth-order valence-corrected chi connectivity index (χ4v) is 5.47. The van der Waals surface area contributed by atoms with Gasteiger partial charge in [-0.15, -0.1) is 0 Å². The lowest BCUT2D eigenvalue weighted by Gasteiger charge is -2.37. The summed E-state index contributed by atoms with van der Waals surface area (Å²) in [6.45, 7) is 9.76. The Hall–Kier alpha value is -1.65. The maximum absolute atomic E-state index is 13.0. The van der Waals surface area contributed by atoms with Gasteiger partial charge >= 0.3 is 5.97 Å². The number of rotatable bonds is 9. The summed E-state index contributed by atoms with van der Waals surface area (Å²) in [7, 11) is 1.51. The quantitative estimate of drug-likeness (QED) is 0.365. The predicted molar refractivity (Wildman–Crippen MR) is 136 cm³/mol. The second kappa shape index (κ2) is 11.5. The average Bonchev–Trinajstić information content (AvgIpc) is 2.79. The molecule has 2 aromatic rings. The van der Waals surface area contributed by atoms with Crippen molar-refractivity contribution < 1.29 is 9.53 Å². The number of nitrogens with zero attached hydrogens (tertiary/aromatic N) is 1. The van der Waals surface area contributed by atoms with E-state index in [9.17, 15) is 4.79 Å². The number of esters is 1. The number of likely N-dealkylation sites (tertiary alicyclic amines) is 1. The van der Waals surface area contributed by atoms with Crippen LogP contribution < -0.4 is 0 Å². The minimum Gasteiger partial charge on any atom is -0.468 e. The zero-order chi connectivity index (χ0) is 23.1. The van der Waals surface area contributed by atoms with Gasteiger partial charge in [-0.25, -0.2) is 0 Å². The number of ether oxygens (including phenoxy) is 1. The van der Waals surface area contributed by atoms with Crippen LogP contribution in [0.15, 0.2) is 53.0 Å². The SMILES string of the molecule is COC(=O)C(CCCN1CCC(Cc2ccc(C)cc2)CC1)(c1ccc(Br)cc1)C(C)C. The number of methoxy groups -OCH3 is 1. The molecule has 1 aliphatic rings. The van der Waals surface area contributed by atoms with Gasteiger partial charge in [-0.3, -0.25) is 4.79 Å². The van der Waals surface area contributed by atoms with Gasteiger partial charge in [0.1, 0.15) is 0 Å². The van der Waals surface area contributed by atoms with E-state index in [-0.39, 0.29) is 11.9 Å². The standard InChI is InChI=1S/C28H38BrNO2/c1-21(2)28(27(31)32-4,25-10-12-26(29)13-11-25)16-5-17-30-18-14-24(15-19-30)20-23-8-6-22(3)7-9-23/h6-13,21,24H,5,14-20H2,1-4H3. The highest BCUT2D eigenvalue weighted by molar-refractivity contribution is 9.10. The summed E-state index contributed by atoms with van der Waals surface area (Å²) < 4.78 is 6.34. The summed E-state index contributed by atoms with van der Waals surface area (Å²) >= 11 is 3.51. The number of carbonyl (C=O) groups is 1. The third kappa shape index (κ3) is 6.02. The zero-order valence-electron chi connectivity index (χ0n) is 20.1. The first-order valence-electron chi connectivity index (χ1n) is 12.0. The second-order valence-electron chi connectivity index (χ2n) is 9.70. The summed E-state index contributed by atoms with van der Waals surface area (Å²) in [4.78, 5) is 15.6. The summed E-state index contributed by atoms with van der Waals surface area (Å²) in [6, 6.07) is 17.2. The van der Waals surface area contributed by atoms with Crippen LogP contribution in [0.1, 0.15) is 56.2 Å². The molecule has 1 atom stereocenters. The molecule has 0 aromatic heterocycles. The lowest BCUT2D eigenvalue weighted by Crippen LogP contribution is -2.43. The Labute approximate surface area is 202 Å². The molecule has 1 aliphatic heterocycles. The van der Waals surface area contributed by atoms with Crippen LogP contribution in [-0.2, 0) is 21.4 Å². The van der Waals surface area contributed by atoms with E-state index in [0.29, 0.717) is 0 Å². The molecule has 3 nitrogen and oxygen atoms in total. The summed E-state index contributed by atoms with van der Waals surface area (Å²) in [5.41, 5.74) is 3.25. The predicted octanol–water partition coefficient (Wildman–Crippen LogP) is 6.56. The Bertz CT molecular complexity index is 854. The van der Waals surface area contributed by atoms with Gasteiger partial charge in [0, 0.05) is 4.47 Å². The van der Waals surface area contributed by atoms with Crippen molar-refractivity contribution in [1.82, 2.24) is 4.90 Å². The molecule has 1 heterocycles. The smallest absolute Gasteiger partial charge is 0.316 e. The number of halogens is 1. The van der Waals surface area contributed by atoms with Crippen LogP contribution in [0.4, 0.5) is 0 Å². The van der Waals surface area contributed by atoms with Crippen molar-refractivity contribution >= 4 is 21.9 Å². The molecule has 0 spiro atoms. The van der Waals surface area contributed by atoms with E-state index in [4.69, 9.17) is 4.74 Å². The Kier molecular flexibility index (Phi) is 8.95. The summed E-state index contributed by atoms with van der Waals surface area (Å²) in [5.74, 6) is 0.824. The van der Waals surface area contributed by atoms with Gasteiger partial charge in [-0.2, -0.15) is 0 Å². The molecule has 174 valence electrons. The maximum Gasteiger partial charge on any atom is 0.316 e. The molecular weight excluding hydrogens is 462 g/mol. The summed E-state index contributed by atoms with van der Waals surface area (Å²) in [5, 5.41) is 0. The molecule has 32 heavy (non-hydrogen) atoms. The number of aryl methyl sites for hydroxylation is 1. The highest BCUT2D eigenvalue weighted by atomic mass is 79.9. The van der Waals surface area contributed by atoms with Gasteiger partial charge in [0.25, 0.3) is 0 Å². The lowest BCUT2D eigenvalue weighted by atomic mass is 9.68. The van der Waals surface area contributed by atoms with E-state index in [1.165, 1.54) is 37.5 Å². The normalized spacial score (nSPS) is 17.3. The maximum atomic E-state index is 13.0. The highest BCUT2D eigenvalue weighted by Crippen LogP contribution is 2.39. The van der Waals surface area contributed by atoms with Crippen molar-refractivity contribution in [2.24, 2.45) is 11.8 Å². The Morgan fingerprint density at radius 1 is 1.09 bits per heavy atom. The van der Waals surface area contributed by atoms with Crippen molar-refractivity contribution in [3.8, 4) is 0 Å². The first-order chi connectivity index (χ1) is 15.3. The largest absolute Gasteiger partial charge is 0.468 e. The molecule has 0 amide bonds. The van der Waals surface area contributed by atoms with Crippen LogP contribution >= 0.6 is 15.9 Å². The molecule has 2 aromatic carbocycles. The van der Waals surface area contributed by atoms with Crippen molar-refractivity contribution in [3.63, 3.8) is 0 Å². The Morgan fingerprint density at radius 2 is 1.72 bits per heavy atom. The van der Waals surface area contributed by atoms with Gasteiger partial charge < -0.3 is 9.64 Å². The van der Waals surface area contributed by atoms with E-state index >= 15 is 0 Å². The van der Waals surface area contributed by atoms with Crippen molar-refractivity contribution in [2.45, 2.75) is 58.3 Å². The number of hydrogen-bond acceptors (Lipinski definition) is 3. The minimum atomic E-state index is -0.598. The van der Waals surface area contributed by atoms with Crippen LogP contribution in [0.3, 0.4) is 0 Å². The fraction of sp³-hybridized carbons (Fsp3) is 0.536. The highest BCUT2D eigenvalue weighted by Gasteiger charge is 2.44. The molecule has 1 unspecified atom stereocenters. The number of hydrogen-bond donors (Lipinski definition) is 0. The molecule has 0 bridgehead atoms. The number of benzene rings is 2. The third-order valence-electron chi connectivity index (χ3n) is 7.29. The molecule has 4 heteroatoms. The molecule has 0 saturated carbocycles. The number of carbonyl (C=O) groups excluding carboxylic acids is 1. The van der Waals surface area contributed by atoms with Crippen LogP contribution in [0.5, 0.6) is 0 Å². The Balaban J connectivity index is 1.56. The van der Waals surface area contributed by atoms with Gasteiger partial charge in [-0.1, -0.05) is 71.7 Å². The van der Waals surface area contributed by atoms with E-state index in [0.717, 1.165) is 48.4 Å². The molecular formula is C28H38BrNO2. The molecule has 1 saturated heterocycles. The number of piperidine rings is 1. The molecule has 0 radical (unpaired) electrons. The van der Waals surface area contributed by atoms with Crippen molar-refractivity contribution in [2.75, 3.05) is 26.7 Å². The second-order valence-corrected chi connectivity index (χ2v) is 10.6. The first-order valence-corrected chi connectivity index (χ1v) is 12.8. The van der Waals surface area contributed by atoms with E-state index in [2.05, 4.69) is 78.0 Å². The Morgan fingerprint density at radius 3 is 2.28 bits per heavy atom. The van der Waals surface area contributed by atoms with Crippen LogP contribution in [0.25, 0.3) is 0 Å². The van der Waals surface area contributed by atoms with Crippen molar-refractivity contribution in [1.29, 1.82) is 0 Å². The average molecular weight is 501 g/mol. The van der Waals surface area contributed by atoms with Gasteiger partial charge in [0.15, 0.2) is 0 Å². The topological polar surface area (TPSA) is 29.5 Å². The minimum absolute atomic E-state index is 0.119. The lowest BCUT2D eigenvalue weighted by molar-refractivity contribution is -0.150. The van der Waals surface area contributed by atoms with E-state index in [1.54, 1.807) is 0 Å². The molecule has 1 fully saturated rings.